The maximum absolute atomic E-state index is 6.58. The van der Waals surface area contributed by atoms with Crippen LogP contribution in [0.4, 0.5) is 0 Å². The number of hydrogen-bond acceptors (Lipinski definition) is 4. The molecule has 234 valence electrons. The zero-order valence-electron chi connectivity index (χ0n) is 26.9. The molecule has 0 aliphatic rings. The van der Waals surface area contributed by atoms with Crippen molar-refractivity contribution in [2.45, 2.75) is 0 Å². The van der Waals surface area contributed by atoms with E-state index in [4.69, 9.17) is 19.4 Å². The third kappa shape index (κ3) is 4.60. The molecule has 7 aromatic carbocycles. The number of nitrogens with zero attached hydrogens (tertiary/aromatic N) is 4. The molecule has 0 saturated carbocycles. The predicted octanol–water partition coefficient (Wildman–Crippen LogP) is 11.5. The molecule has 0 atom stereocenters. The highest BCUT2D eigenvalue weighted by molar-refractivity contribution is 6.21. The van der Waals surface area contributed by atoms with Crippen LogP contribution in [-0.2, 0) is 0 Å². The Morgan fingerprint density at radius 2 is 0.840 bits per heavy atom. The topological polar surface area (TPSA) is 56.7 Å². The van der Waals surface area contributed by atoms with Crippen LogP contribution in [0.15, 0.2) is 174 Å². The minimum absolute atomic E-state index is 0.536. The van der Waals surface area contributed by atoms with Gasteiger partial charge in [0.25, 0.3) is 0 Å². The summed E-state index contributed by atoms with van der Waals surface area (Å²) in [7, 11) is 0. The van der Waals surface area contributed by atoms with Gasteiger partial charge in [-0.1, -0.05) is 152 Å². The Morgan fingerprint density at radius 1 is 0.360 bits per heavy atom. The molecule has 5 heteroatoms. The van der Waals surface area contributed by atoms with Gasteiger partial charge in [-0.15, -0.1) is 0 Å². The fourth-order valence-corrected chi connectivity index (χ4v) is 7.05. The normalized spacial score (nSPS) is 11.6. The molecule has 50 heavy (non-hydrogen) atoms. The largest absolute Gasteiger partial charge is 0.454 e. The Morgan fingerprint density at radius 3 is 1.50 bits per heavy atom. The number of rotatable bonds is 5. The van der Waals surface area contributed by atoms with Gasteiger partial charge in [-0.3, -0.25) is 4.57 Å². The maximum Gasteiger partial charge on any atom is 0.238 e. The SMILES string of the molecule is c1ccc(-c2ccc(-c3ccc(-c4nc(-c5ccccc5)nc(-n5c6ccccc6c6ccc7c8ccccc8oc7c65)n4)cc3)cc2)cc1. The molecule has 5 nitrogen and oxygen atoms in total. The van der Waals surface area contributed by atoms with Gasteiger partial charge >= 0.3 is 0 Å². The first-order chi connectivity index (χ1) is 24.8. The Hall–Kier alpha value is -6.85. The molecular formula is C45H28N4O. The molecular weight excluding hydrogens is 613 g/mol. The molecule has 3 aromatic heterocycles. The summed E-state index contributed by atoms with van der Waals surface area (Å²) in [4.78, 5) is 15.3. The molecule has 10 aromatic rings. The second-order valence-electron chi connectivity index (χ2n) is 12.5. The molecule has 0 amide bonds. The van der Waals surface area contributed by atoms with Crippen LogP contribution in [0.5, 0.6) is 0 Å². The van der Waals surface area contributed by atoms with Gasteiger partial charge < -0.3 is 4.42 Å². The van der Waals surface area contributed by atoms with Crippen LogP contribution in [0.3, 0.4) is 0 Å². The van der Waals surface area contributed by atoms with Gasteiger partial charge in [0.2, 0.25) is 5.95 Å². The summed E-state index contributed by atoms with van der Waals surface area (Å²) in [6, 6.07) is 58.6. The highest BCUT2D eigenvalue weighted by atomic mass is 16.3. The second-order valence-corrected chi connectivity index (χ2v) is 12.5. The zero-order valence-corrected chi connectivity index (χ0v) is 26.9. The standard InChI is InChI=1S/C45H28N4O/c1-3-11-29(12-4-1)30-19-21-31(22-20-30)32-23-25-34(26-24-32)44-46-43(33-13-5-2-6-14-33)47-45(48-44)49-39-17-9-7-15-35(39)37-27-28-38-36-16-8-10-18-40(36)50-42(38)41(37)49/h1-28H. The summed E-state index contributed by atoms with van der Waals surface area (Å²) in [5.74, 6) is 1.74. The van der Waals surface area contributed by atoms with E-state index in [-0.39, 0.29) is 0 Å². The lowest BCUT2D eigenvalue weighted by molar-refractivity contribution is 0.670. The quantitative estimate of drug-likeness (QED) is 0.188. The first-order valence-electron chi connectivity index (χ1n) is 16.7. The number of aromatic nitrogens is 4. The van der Waals surface area contributed by atoms with Crippen molar-refractivity contribution in [1.82, 2.24) is 19.5 Å². The Labute approximate surface area is 287 Å². The summed E-state index contributed by atoms with van der Waals surface area (Å²) in [6.45, 7) is 0. The third-order valence-corrected chi connectivity index (χ3v) is 9.50. The average Bonchev–Trinajstić information content (AvgIpc) is 3.75. The summed E-state index contributed by atoms with van der Waals surface area (Å²) >= 11 is 0. The van der Waals surface area contributed by atoms with Gasteiger partial charge in [-0.2, -0.15) is 9.97 Å². The number of furan rings is 1. The van der Waals surface area contributed by atoms with Crippen LogP contribution in [-0.4, -0.2) is 19.5 Å². The second kappa shape index (κ2) is 11.4. The van der Waals surface area contributed by atoms with Gasteiger partial charge in [0.1, 0.15) is 11.1 Å². The molecule has 3 heterocycles. The van der Waals surface area contributed by atoms with Gasteiger partial charge in [0.15, 0.2) is 17.2 Å². The van der Waals surface area contributed by atoms with Gasteiger partial charge in [-0.25, -0.2) is 4.98 Å². The lowest BCUT2D eigenvalue weighted by atomic mass is 9.99. The summed E-state index contributed by atoms with van der Waals surface area (Å²) in [5, 5.41) is 4.33. The van der Waals surface area contributed by atoms with Crippen LogP contribution in [0, 0.1) is 0 Å². The van der Waals surface area contributed by atoms with E-state index in [1.807, 2.05) is 54.6 Å². The molecule has 0 aliphatic carbocycles. The first kappa shape index (κ1) is 28.2. The smallest absolute Gasteiger partial charge is 0.238 e. The number of fused-ring (bicyclic) bond motifs is 7. The van der Waals surface area contributed by atoms with Gasteiger partial charge in [0.05, 0.1) is 5.52 Å². The van der Waals surface area contributed by atoms with Crippen LogP contribution < -0.4 is 0 Å². The molecule has 10 rings (SSSR count). The highest BCUT2D eigenvalue weighted by Crippen LogP contribution is 2.40. The molecule has 0 radical (unpaired) electrons. The lowest BCUT2D eigenvalue weighted by Gasteiger charge is -2.11. The molecule has 0 bridgehead atoms. The van der Waals surface area contributed by atoms with Crippen LogP contribution in [0.25, 0.3) is 94.7 Å². The van der Waals surface area contributed by atoms with E-state index in [2.05, 4.69) is 120 Å². The first-order valence-corrected chi connectivity index (χ1v) is 16.7. The predicted molar refractivity (Wildman–Crippen MR) is 203 cm³/mol. The van der Waals surface area contributed by atoms with E-state index in [1.165, 1.54) is 11.1 Å². The van der Waals surface area contributed by atoms with Crippen molar-refractivity contribution in [1.29, 1.82) is 0 Å². The van der Waals surface area contributed by atoms with Gasteiger partial charge in [0, 0.05) is 32.7 Å². The molecule has 0 N–H and O–H groups in total. The van der Waals surface area contributed by atoms with Crippen molar-refractivity contribution in [2.75, 3.05) is 0 Å². The molecule has 0 aliphatic heterocycles. The van der Waals surface area contributed by atoms with Crippen molar-refractivity contribution >= 4 is 43.7 Å². The van der Waals surface area contributed by atoms with Crippen molar-refractivity contribution in [3.8, 4) is 51.0 Å². The molecule has 0 fully saturated rings. The zero-order chi connectivity index (χ0) is 33.0. The summed E-state index contributed by atoms with van der Waals surface area (Å²) in [6.07, 6.45) is 0. The van der Waals surface area contributed by atoms with Crippen molar-refractivity contribution in [3.63, 3.8) is 0 Å². The van der Waals surface area contributed by atoms with Crippen molar-refractivity contribution in [2.24, 2.45) is 0 Å². The maximum atomic E-state index is 6.58. The number of benzene rings is 7. The molecule has 0 saturated heterocycles. The van der Waals surface area contributed by atoms with E-state index in [9.17, 15) is 0 Å². The van der Waals surface area contributed by atoms with E-state index in [0.717, 1.165) is 66.0 Å². The van der Waals surface area contributed by atoms with E-state index < -0.39 is 0 Å². The van der Waals surface area contributed by atoms with Gasteiger partial charge in [-0.05, 0) is 40.5 Å². The van der Waals surface area contributed by atoms with Crippen LogP contribution in [0.2, 0.25) is 0 Å². The molecule has 0 spiro atoms. The number of para-hydroxylation sites is 2. The summed E-state index contributed by atoms with van der Waals surface area (Å²) < 4.78 is 8.72. The Kier molecular flexibility index (Phi) is 6.42. The minimum atomic E-state index is 0.536. The van der Waals surface area contributed by atoms with E-state index in [0.29, 0.717) is 17.6 Å². The Balaban J connectivity index is 1.15. The van der Waals surface area contributed by atoms with Crippen LogP contribution >= 0.6 is 0 Å². The lowest BCUT2D eigenvalue weighted by Crippen LogP contribution is -2.06. The monoisotopic (exact) mass is 640 g/mol. The molecule has 0 unspecified atom stereocenters. The minimum Gasteiger partial charge on any atom is -0.454 e. The van der Waals surface area contributed by atoms with Crippen LogP contribution in [0.1, 0.15) is 0 Å². The number of hydrogen-bond donors (Lipinski definition) is 0. The van der Waals surface area contributed by atoms with E-state index in [1.54, 1.807) is 0 Å². The van der Waals surface area contributed by atoms with Crippen molar-refractivity contribution in [3.05, 3.63) is 170 Å². The Bertz CT molecular complexity index is 2840. The summed E-state index contributed by atoms with van der Waals surface area (Å²) in [5.41, 5.74) is 10.1. The van der Waals surface area contributed by atoms with E-state index >= 15 is 0 Å². The van der Waals surface area contributed by atoms with Crippen molar-refractivity contribution < 1.29 is 4.42 Å². The fourth-order valence-electron chi connectivity index (χ4n) is 7.05. The highest BCUT2D eigenvalue weighted by Gasteiger charge is 2.22. The third-order valence-electron chi connectivity index (χ3n) is 9.50. The average molecular weight is 641 g/mol. The fraction of sp³-hybridized carbons (Fsp3) is 0.